The zero-order valence-electron chi connectivity index (χ0n) is 17.3. The highest BCUT2D eigenvalue weighted by atomic mass is 19.1. The summed E-state index contributed by atoms with van der Waals surface area (Å²) in [6, 6.07) is 10.3. The maximum atomic E-state index is 13.8. The van der Waals surface area contributed by atoms with E-state index in [0.29, 0.717) is 6.61 Å². The Kier molecular flexibility index (Phi) is 7.59. The van der Waals surface area contributed by atoms with Gasteiger partial charge in [0.25, 0.3) is 5.91 Å². The Hall–Kier alpha value is -2.71. The van der Waals surface area contributed by atoms with Gasteiger partial charge in [0, 0.05) is 6.07 Å². The molecular formula is C22H29F2N3O3+2. The molecule has 30 heavy (non-hydrogen) atoms. The Morgan fingerprint density at radius 3 is 2.37 bits per heavy atom. The Bertz CT molecular complexity index is 840. The number of nitrogens with one attached hydrogen (secondary N) is 3. The van der Waals surface area contributed by atoms with Crippen LogP contribution in [0.2, 0.25) is 0 Å². The molecule has 8 heteroatoms. The molecule has 1 saturated heterocycles. The molecule has 1 aliphatic heterocycles. The Labute approximate surface area is 175 Å². The number of halogens is 2. The lowest BCUT2D eigenvalue weighted by Crippen LogP contribution is -3.30. The van der Waals surface area contributed by atoms with Crippen molar-refractivity contribution in [2.24, 2.45) is 0 Å². The van der Waals surface area contributed by atoms with Crippen molar-refractivity contribution in [3.8, 4) is 11.5 Å². The smallest absolute Gasteiger partial charge is 0.282 e. The third-order valence-corrected chi connectivity index (χ3v) is 5.58. The summed E-state index contributed by atoms with van der Waals surface area (Å²) < 4.78 is 37.7. The summed E-state index contributed by atoms with van der Waals surface area (Å²) in [5.74, 6) is -0.0807. The lowest BCUT2D eigenvalue weighted by Gasteiger charge is -2.32. The Morgan fingerprint density at radius 2 is 1.73 bits per heavy atom. The molecule has 1 heterocycles. The SMILES string of the molecule is COc1ccc(OCC[NH+]2CC[NH+]([C@@H](C)C(=O)Nc3ccc(F)cc3F)CC2)cc1. The first-order valence-electron chi connectivity index (χ1n) is 10.2. The van der Waals surface area contributed by atoms with Crippen LogP contribution in [-0.2, 0) is 4.79 Å². The Morgan fingerprint density at radius 1 is 1.07 bits per heavy atom. The van der Waals surface area contributed by atoms with Crippen LogP contribution in [0.25, 0.3) is 0 Å². The van der Waals surface area contributed by atoms with Crippen LogP contribution in [0.3, 0.4) is 0 Å². The summed E-state index contributed by atoms with van der Waals surface area (Å²) in [7, 11) is 1.63. The van der Waals surface area contributed by atoms with Crippen LogP contribution >= 0.6 is 0 Å². The number of methoxy groups -OCH3 is 1. The standard InChI is InChI=1S/C22H27F2N3O3/c1-16(22(28)25-21-8-3-17(23)15-20(21)24)27-11-9-26(10-12-27)13-14-30-19-6-4-18(29-2)5-7-19/h3-8,15-16H,9-14H2,1-2H3,(H,25,28)/p+2/t16-/m0/s1. The molecule has 2 aromatic rings. The van der Waals surface area contributed by atoms with Crippen LogP contribution in [0.4, 0.5) is 14.5 Å². The van der Waals surface area contributed by atoms with Gasteiger partial charge in [-0.25, -0.2) is 8.78 Å². The van der Waals surface area contributed by atoms with Crippen molar-refractivity contribution in [2.45, 2.75) is 13.0 Å². The third kappa shape index (κ3) is 5.90. The first-order chi connectivity index (χ1) is 14.5. The van der Waals surface area contributed by atoms with Gasteiger partial charge in [0.2, 0.25) is 0 Å². The fourth-order valence-corrected chi connectivity index (χ4v) is 3.61. The van der Waals surface area contributed by atoms with Crippen molar-refractivity contribution in [2.75, 3.05) is 51.8 Å². The average molecular weight is 421 g/mol. The maximum Gasteiger partial charge on any atom is 0.282 e. The summed E-state index contributed by atoms with van der Waals surface area (Å²) in [5, 5.41) is 2.57. The van der Waals surface area contributed by atoms with Gasteiger partial charge >= 0.3 is 0 Å². The minimum atomic E-state index is -0.767. The normalized spacial score (nSPS) is 19.7. The number of hydrogen-bond donors (Lipinski definition) is 3. The highest BCUT2D eigenvalue weighted by molar-refractivity contribution is 5.93. The van der Waals surface area contributed by atoms with E-state index >= 15 is 0 Å². The van der Waals surface area contributed by atoms with E-state index < -0.39 is 11.6 Å². The van der Waals surface area contributed by atoms with Crippen LogP contribution in [-0.4, -0.2) is 58.4 Å². The molecule has 3 rings (SSSR count). The third-order valence-electron chi connectivity index (χ3n) is 5.58. The maximum absolute atomic E-state index is 13.8. The van der Waals surface area contributed by atoms with Gasteiger partial charge in [-0.2, -0.15) is 0 Å². The summed E-state index contributed by atoms with van der Waals surface area (Å²) >= 11 is 0. The average Bonchev–Trinajstić information content (AvgIpc) is 2.76. The van der Waals surface area contributed by atoms with Gasteiger partial charge in [0.1, 0.15) is 62.5 Å². The van der Waals surface area contributed by atoms with Crippen LogP contribution in [0.1, 0.15) is 6.92 Å². The Balaban J connectivity index is 1.40. The summed E-state index contributed by atoms with van der Waals surface area (Å²) in [6.45, 7) is 6.91. The number of carbonyl (C=O) groups excluding carboxylic acids is 1. The lowest BCUT2D eigenvalue weighted by molar-refractivity contribution is -1.02. The first kappa shape index (κ1) is 22.0. The number of anilines is 1. The fourth-order valence-electron chi connectivity index (χ4n) is 3.61. The molecule has 0 unspecified atom stereocenters. The van der Waals surface area contributed by atoms with Gasteiger partial charge in [-0.3, -0.25) is 4.79 Å². The molecule has 0 radical (unpaired) electrons. The number of ether oxygens (including phenoxy) is 2. The van der Waals surface area contributed by atoms with Gasteiger partial charge in [-0.05, 0) is 43.3 Å². The van der Waals surface area contributed by atoms with Gasteiger partial charge in [-0.15, -0.1) is 0 Å². The minimum Gasteiger partial charge on any atom is -0.497 e. The second-order valence-electron chi connectivity index (χ2n) is 7.52. The minimum absolute atomic E-state index is 0.00703. The van der Waals surface area contributed by atoms with E-state index in [4.69, 9.17) is 9.47 Å². The molecule has 0 saturated carbocycles. The van der Waals surface area contributed by atoms with Crippen LogP contribution < -0.4 is 24.6 Å². The molecule has 1 fully saturated rings. The molecule has 0 spiro atoms. The predicted molar refractivity (Wildman–Crippen MR) is 109 cm³/mol. The highest BCUT2D eigenvalue weighted by Gasteiger charge is 2.31. The molecule has 1 aliphatic rings. The fraction of sp³-hybridized carbons (Fsp3) is 0.409. The molecule has 1 amide bonds. The van der Waals surface area contributed by atoms with Gasteiger partial charge in [0.05, 0.1) is 12.8 Å². The van der Waals surface area contributed by atoms with Crippen molar-refractivity contribution in [3.05, 3.63) is 54.1 Å². The number of benzene rings is 2. The van der Waals surface area contributed by atoms with Gasteiger partial charge < -0.3 is 24.6 Å². The van der Waals surface area contributed by atoms with Crippen molar-refractivity contribution in [1.82, 2.24) is 0 Å². The highest BCUT2D eigenvalue weighted by Crippen LogP contribution is 2.16. The van der Waals surface area contributed by atoms with E-state index in [-0.39, 0.29) is 17.6 Å². The summed E-state index contributed by atoms with van der Waals surface area (Å²) in [6.07, 6.45) is 0. The summed E-state index contributed by atoms with van der Waals surface area (Å²) in [5.41, 5.74) is 0.00703. The number of piperazine rings is 1. The zero-order chi connectivity index (χ0) is 21.5. The largest absolute Gasteiger partial charge is 0.497 e. The van der Waals surface area contributed by atoms with Crippen LogP contribution in [0.5, 0.6) is 11.5 Å². The molecular weight excluding hydrogens is 392 g/mol. The van der Waals surface area contributed by atoms with E-state index in [0.717, 1.165) is 61.3 Å². The van der Waals surface area contributed by atoms with Crippen LogP contribution in [0, 0.1) is 11.6 Å². The zero-order valence-corrected chi connectivity index (χ0v) is 17.3. The van der Waals surface area contributed by atoms with E-state index in [1.807, 2.05) is 31.2 Å². The van der Waals surface area contributed by atoms with E-state index in [1.165, 1.54) is 11.0 Å². The molecule has 0 aliphatic carbocycles. The van der Waals surface area contributed by atoms with Crippen molar-refractivity contribution in [3.63, 3.8) is 0 Å². The number of quaternary nitrogens is 2. The monoisotopic (exact) mass is 421 g/mol. The summed E-state index contributed by atoms with van der Waals surface area (Å²) in [4.78, 5) is 15.1. The molecule has 2 aromatic carbocycles. The van der Waals surface area contributed by atoms with E-state index in [9.17, 15) is 13.6 Å². The molecule has 0 bridgehead atoms. The van der Waals surface area contributed by atoms with E-state index in [1.54, 1.807) is 7.11 Å². The molecule has 1 atom stereocenters. The molecule has 3 N–H and O–H groups in total. The van der Waals surface area contributed by atoms with E-state index in [2.05, 4.69) is 5.32 Å². The van der Waals surface area contributed by atoms with Crippen molar-refractivity contribution < 1.29 is 32.8 Å². The van der Waals surface area contributed by atoms with Crippen molar-refractivity contribution in [1.29, 1.82) is 0 Å². The van der Waals surface area contributed by atoms with Gasteiger partial charge in [0.15, 0.2) is 6.04 Å². The molecule has 0 aromatic heterocycles. The number of carbonyl (C=O) groups is 1. The molecule has 6 nitrogen and oxygen atoms in total. The van der Waals surface area contributed by atoms with Crippen molar-refractivity contribution >= 4 is 11.6 Å². The van der Waals surface area contributed by atoms with Gasteiger partial charge in [-0.1, -0.05) is 0 Å². The number of rotatable bonds is 8. The number of hydrogen-bond acceptors (Lipinski definition) is 3. The topological polar surface area (TPSA) is 56.4 Å². The molecule has 162 valence electrons. The second-order valence-corrected chi connectivity index (χ2v) is 7.52. The first-order valence-corrected chi connectivity index (χ1v) is 10.2. The lowest BCUT2D eigenvalue weighted by atomic mass is 10.2. The predicted octanol–water partition coefficient (Wildman–Crippen LogP) is 0.163. The quantitative estimate of drug-likeness (QED) is 0.570. The second kappa shape index (κ2) is 10.4. The number of amides is 1. The van der Waals surface area contributed by atoms with Crippen LogP contribution in [0.15, 0.2) is 42.5 Å².